The van der Waals surface area contributed by atoms with Crippen LogP contribution in [0.1, 0.15) is 54.4 Å². The van der Waals surface area contributed by atoms with Gasteiger partial charge >= 0.3 is 0 Å². The third kappa shape index (κ3) is 3.59. The highest BCUT2D eigenvalue weighted by atomic mass is 16.3. The summed E-state index contributed by atoms with van der Waals surface area (Å²) in [6, 6.07) is 10.8. The van der Waals surface area contributed by atoms with E-state index < -0.39 is 0 Å². The lowest BCUT2D eigenvalue weighted by atomic mass is 10.0. The summed E-state index contributed by atoms with van der Waals surface area (Å²) >= 11 is 0. The van der Waals surface area contributed by atoms with Crippen molar-refractivity contribution in [2.24, 2.45) is 5.92 Å². The van der Waals surface area contributed by atoms with E-state index in [1.807, 2.05) is 51.1 Å². The van der Waals surface area contributed by atoms with E-state index in [1.165, 1.54) is 4.68 Å². The number of hydrogen-bond donors (Lipinski definition) is 1. The SMILES string of the molecule is Cc1c(C(=O)N[C@H](Cn2nc(C3CC3)ccc2=O)C(C)C)oc2ccccc12. The molecule has 0 bridgehead atoms. The quantitative estimate of drug-likeness (QED) is 0.709. The average molecular weight is 379 g/mol. The van der Waals surface area contributed by atoms with Crippen LogP contribution in [0.5, 0.6) is 0 Å². The fraction of sp³-hybridized carbons (Fsp3) is 0.409. The maximum absolute atomic E-state index is 12.9. The average Bonchev–Trinajstić information content (AvgIpc) is 3.47. The highest BCUT2D eigenvalue weighted by Gasteiger charge is 2.27. The smallest absolute Gasteiger partial charge is 0.287 e. The zero-order chi connectivity index (χ0) is 19.8. The van der Waals surface area contributed by atoms with E-state index in [9.17, 15) is 9.59 Å². The zero-order valence-corrected chi connectivity index (χ0v) is 16.4. The number of hydrogen-bond acceptors (Lipinski definition) is 4. The van der Waals surface area contributed by atoms with Gasteiger partial charge in [0.25, 0.3) is 11.5 Å². The number of aromatic nitrogens is 2. The van der Waals surface area contributed by atoms with Crippen molar-refractivity contribution in [3.63, 3.8) is 0 Å². The lowest BCUT2D eigenvalue weighted by Gasteiger charge is -2.22. The Labute approximate surface area is 163 Å². The van der Waals surface area contributed by atoms with Gasteiger partial charge in [0.15, 0.2) is 5.76 Å². The van der Waals surface area contributed by atoms with Gasteiger partial charge < -0.3 is 9.73 Å². The maximum atomic E-state index is 12.9. The second kappa shape index (κ2) is 7.26. The molecule has 1 aliphatic carbocycles. The van der Waals surface area contributed by atoms with Crippen molar-refractivity contribution in [1.82, 2.24) is 15.1 Å². The van der Waals surface area contributed by atoms with Crippen molar-refractivity contribution in [3.05, 3.63) is 63.8 Å². The number of fused-ring (bicyclic) bond motifs is 1. The fourth-order valence-corrected chi connectivity index (χ4v) is 3.43. The second-order valence-electron chi connectivity index (χ2n) is 7.93. The number of carbonyl (C=O) groups excluding carboxylic acids is 1. The van der Waals surface area contributed by atoms with E-state index in [0.717, 1.165) is 29.5 Å². The number of furan rings is 1. The molecule has 28 heavy (non-hydrogen) atoms. The summed E-state index contributed by atoms with van der Waals surface area (Å²) in [7, 11) is 0. The summed E-state index contributed by atoms with van der Waals surface area (Å²) in [6.07, 6.45) is 2.25. The summed E-state index contributed by atoms with van der Waals surface area (Å²) in [6.45, 7) is 6.26. The molecule has 1 aromatic carbocycles. The minimum Gasteiger partial charge on any atom is -0.451 e. The molecule has 146 valence electrons. The van der Waals surface area contributed by atoms with Crippen LogP contribution >= 0.6 is 0 Å². The Morgan fingerprint density at radius 3 is 2.68 bits per heavy atom. The molecule has 0 spiro atoms. The van der Waals surface area contributed by atoms with Gasteiger partial charge in [0.2, 0.25) is 0 Å². The van der Waals surface area contributed by atoms with E-state index in [4.69, 9.17) is 4.42 Å². The molecule has 1 saturated carbocycles. The Bertz CT molecular complexity index is 1080. The standard InChI is InChI=1S/C22H25N3O3/c1-13(2)18(12-25-20(26)11-10-17(24-25)15-8-9-15)23-22(27)21-14(3)16-6-4-5-7-19(16)28-21/h4-7,10-11,13,15,18H,8-9,12H2,1-3H3,(H,23,27)/t18-/m1/s1. The summed E-state index contributed by atoms with van der Waals surface area (Å²) in [5, 5.41) is 8.49. The van der Waals surface area contributed by atoms with Crippen LogP contribution in [0.15, 0.2) is 45.6 Å². The molecule has 6 heteroatoms. The monoisotopic (exact) mass is 379 g/mol. The number of aryl methyl sites for hydroxylation is 1. The van der Waals surface area contributed by atoms with Crippen molar-refractivity contribution >= 4 is 16.9 Å². The number of rotatable bonds is 6. The molecule has 1 aliphatic rings. The second-order valence-corrected chi connectivity index (χ2v) is 7.93. The Balaban J connectivity index is 1.57. The fourth-order valence-electron chi connectivity index (χ4n) is 3.43. The van der Waals surface area contributed by atoms with Gasteiger partial charge in [0.05, 0.1) is 18.3 Å². The first kappa shape index (κ1) is 18.5. The van der Waals surface area contributed by atoms with E-state index >= 15 is 0 Å². The first-order valence-corrected chi connectivity index (χ1v) is 9.81. The van der Waals surface area contributed by atoms with Gasteiger partial charge in [-0.25, -0.2) is 4.68 Å². The molecule has 2 heterocycles. The maximum Gasteiger partial charge on any atom is 0.287 e. The van der Waals surface area contributed by atoms with Gasteiger partial charge in [-0.15, -0.1) is 0 Å². The molecular formula is C22H25N3O3. The molecule has 1 amide bonds. The third-order valence-electron chi connectivity index (χ3n) is 5.42. The summed E-state index contributed by atoms with van der Waals surface area (Å²) in [5.74, 6) is 0.654. The molecule has 0 radical (unpaired) electrons. The van der Waals surface area contributed by atoms with Crippen molar-refractivity contribution in [2.75, 3.05) is 0 Å². The van der Waals surface area contributed by atoms with Crippen molar-refractivity contribution in [1.29, 1.82) is 0 Å². The first-order chi connectivity index (χ1) is 13.4. The minimum absolute atomic E-state index is 0.131. The Kier molecular flexibility index (Phi) is 4.79. The van der Waals surface area contributed by atoms with Gasteiger partial charge in [0, 0.05) is 22.9 Å². The Hall–Kier alpha value is -2.89. The lowest BCUT2D eigenvalue weighted by molar-refractivity contribution is 0.0891. The number of carbonyl (C=O) groups is 1. The number of amides is 1. The van der Waals surface area contributed by atoms with Crippen LogP contribution in [-0.4, -0.2) is 21.7 Å². The highest BCUT2D eigenvalue weighted by Crippen LogP contribution is 2.38. The van der Waals surface area contributed by atoms with Gasteiger partial charge in [-0.1, -0.05) is 32.0 Å². The first-order valence-electron chi connectivity index (χ1n) is 9.81. The molecule has 4 rings (SSSR count). The normalized spacial score (nSPS) is 15.1. The number of nitrogens with zero attached hydrogens (tertiary/aromatic N) is 2. The van der Waals surface area contributed by atoms with Crippen molar-refractivity contribution in [3.8, 4) is 0 Å². The topological polar surface area (TPSA) is 77.1 Å². The molecule has 0 aliphatic heterocycles. The van der Waals surface area contributed by atoms with Crippen LogP contribution in [0.2, 0.25) is 0 Å². The van der Waals surface area contributed by atoms with Gasteiger partial charge in [0.1, 0.15) is 5.58 Å². The summed E-state index contributed by atoms with van der Waals surface area (Å²) < 4.78 is 7.25. The Morgan fingerprint density at radius 1 is 1.25 bits per heavy atom. The van der Waals surface area contributed by atoms with Crippen LogP contribution in [0.4, 0.5) is 0 Å². The predicted molar refractivity (Wildman–Crippen MR) is 108 cm³/mol. The summed E-state index contributed by atoms with van der Waals surface area (Å²) in [4.78, 5) is 25.2. The van der Waals surface area contributed by atoms with Crippen LogP contribution in [-0.2, 0) is 6.54 Å². The van der Waals surface area contributed by atoms with E-state index in [1.54, 1.807) is 6.07 Å². The third-order valence-corrected chi connectivity index (χ3v) is 5.42. The largest absolute Gasteiger partial charge is 0.451 e. The molecule has 6 nitrogen and oxygen atoms in total. The number of benzene rings is 1. The molecular weight excluding hydrogens is 354 g/mol. The van der Waals surface area contributed by atoms with Gasteiger partial charge in [-0.3, -0.25) is 9.59 Å². The van der Waals surface area contributed by atoms with Crippen LogP contribution < -0.4 is 10.9 Å². The molecule has 1 atom stereocenters. The molecule has 1 fully saturated rings. The van der Waals surface area contributed by atoms with Crippen LogP contribution in [0, 0.1) is 12.8 Å². The van der Waals surface area contributed by atoms with E-state index in [2.05, 4.69) is 10.4 Å². The minimum atomic E-state index is -0.265. The number of nitrogens with one attached hydrogen (secondary N) is 1. The van der Waals surface area contributed by atoms with Crippen LogP contribution in [0.25, 0.3) is 11.0 Å². The molecule has 2 aromatic heterocycles. The lowest BCUT2D eigenvalue weighted by Crippen LogP contribution is -2.44. The molecule has 1 N–H and O–H groups in total. The Morgan fingerprint density at radius 2 is 2.00 bits per heavy atom. The van der Waals surface area contributed by atoms with Gasteiger partial charge in [-0.05, 0) is 37.8 Å². The van der Waals surface area contributed by atoms with E-state index in [-0.39, 0.29) is 23.4 Å². The van der Waals surface area contributed by atoms with Crippen molar-refractivity contribution < 1.29 is 9.21 Å². The zero-order valence-electron chi connectivity index (χ0n) is 16.4. The molecule has 3 aromatic rings. The van der Waals surface area contributed by atoms with Crippen LogP contribution in [0.3, 0.4) is 0 Å². The number of para-hydroxylation sites is 1. The van der Waals surface area contributed by atoms with Gasteiger partial charge in [-0.2, -0.15) is 5.10 Å². The highest BCUT2D eigenvalue weighted by molar-refractivity contribution is 5.99. The molecule has 0 saturated heterocycles. The molecule has 0 unspecified atom stereocenters. The predicted octanol–water partition coefficient (Wildman–Crippen LogP) is 3.63. The summed E-state index contributed by atoms with van der Waals surface area (Å²) in [5.41, 5.74) is 2.33. The van der Waals surface area contributed by atoms with E-state index in [0.29, 0.717) is 23.8 Å². The van der Waals surface area contributed by atoms with Crippen molar-refractivity contribution in [2.45, 2.75) is 52.1 Å².